The van der Waals surface area contributed by atoms with Crippen LogP contribution in [0, 0.1) is 0 Å². The van der Waals surface area contributed by atoms with Gasteiger partial charge in [0.2, 0.25) is 0 Å². The molecule has 168 valence electrons. The summed E-state index contributed by atoms with van der Waals surface area (Å²) in [4.78, 5) is 28.0. The van der Waals surface area contributed by atoms with Crippen LogP contribution in [0.15, 0.2) is 78.4 Å². The van der Waals surface area contributed by atoms with E-state index in [1.54, 1.807) is 54.6 Å². The largest absolute Gasteiger partial charge is 0.506 e. The van der Waals surface area contributed by atoms with Gasteiger partial charge in [0, 0.05) is 11.8 Å². The van der Waals surface area contributed by atoms with E-state index in [4.69, 9.17) is 14.2 Å². The average Bonchev–Trinajstić information content (AvgIpc) is 3.13. The van der Waals surface area contributed by atoms with E-state index in [-0.39, 0.29) is 16.9 Å². The van der Waals surface area contributed by atoms with Gasteiger partial charge in [-0.25, -0.2) is 0 Å². The summed E-state index contributed by atoms with van der Waals surface area (Å²) in [5, 5.41) is 11.4. The number of rotatable bonds is 6. The Kier molecular flexibility index (Phi) is 6.04. The van der Waals surface area contributed by atoms with Gasteiger partial charge in [0.15, 0.2) is 0 Å². The third-order valence-electron chi connectivity index (χ3n) is 5.56. The first-order valence-corrected chi connectivity index (χ1v) is 10.2. The summed E-state index contributed by atoms with van der Waals surface area (Å²) in [6.07, 6.45) is 0. The van der Waals surface area contributed by atoms with Gasteiger partial charge in [0.25, 0.3) is 11.7 Å². The van der Waals surface area contributed by atoms with E-state index in [2.05, 4.69) is 0 Å². The molecule has 1 atom stereocenters. The van der Waals surface area contributed by atoms with Crippen LogP contribution in [0.3, 0.4) is 0 Å². The fourth-order valence-corrected chi connectivity index (χ4v) is 4.03. The molecule has 0 spiro atoms. The van der Waals surface area contributed by atoms with Crippen molar-refractivity contribution in [3.63, 3.8) is 0 Å². The number of hydrogen-bond acceptors (Lipinski definition) is 6. The SMILES string of the molecule is COc1cccc(N2C(=O)C(=O)/C(=C(/O)c3c(OC)cccc3OC)C2c2ccccc2)c1. The van der Waals surface area contributed by atoms with Crippen LogP contribution in [0.2, 0.25) is 0 Å². The maximum atomic E-state index is 13.3. The van der Waals surface area contributed by atoms with Crippen molar-refractivity contribution in [2.75, 3.05) is 26.2 Å². The van der Waals surface area contributed by atoms with E-state index in [0.717, 1.165) is 0 Å². The second-order valence-electron chi connectivity index (χ2n) is 7.32. The molecule has 0 bridgehead atoms. The number of ether oxygens (including phenoxy) is 3. The summed E-state index contributed by atoms with van der Waals surface area (Å²) in [6.45, 7) is 0. The van der Waals surface area contributed by atoms with Gasteiger partial charge >= 0.3 is 0 Å². The van der Waals surface area contributed by atoms with Crippen LogP contribution in [0.1, 0.15) is 17.2 Å². The highest BCUT2D eigenvalue weighted by atomic mass is 16.5. The van der Waals surface area contributed by atoms with Gasteiger partial charge < -0.3 is 19.3 Å². The predicted molar refractivity (Wildman–Crippen MR) is 124 cm³/mol. The first-order valence-electron chi connectivity index (χ1n) is 10.2. The number of anilines is 1. The number of aliphatic hydroxyl groups is 1. The normalized spacial score (nSPS) is 17.2. The smallest absolute Gasteiger partial charge is 0.300 e. The third-order valence-corrected chi connectivity index (χ3v) is 5.56. The lowest BCUT2D eigenvalue weighted by Gasteiger charge is -2.26. The first kappa shape index (κ1) is 22.0. The summed E-state index contributed by atoms with van der Waals surface area (Å²) >= 11 is 0. The van der Waals surface area contributed by atoms with Crippen molar-refractivity contribution < 1.29 is 28.9 Å². The van der Waals surface area contributed by atoms with E-state index in [1.165, 1.54) is 26.2 Å². The number of amides is 1. The Morgan fingerprint density at radius 3 is 2.06 bits per heavy atom. The third kappa shape index (κ3) is 3.78. The fraction of sp³-hybridized carbons (Fsp3) is 0.154. The molecule has 0 aliphatic carbocycles. The Balaban J connectivity index is 2.00. The molecule has 1 aliphatic rings. The monoisotopic (exact) mass is 445 g/mol. The molecule has 3 aromatic carbocycles. The van der Waals surface area contributed by atoms with Crippen LogP contribution < -0.4 is 19.1 Å². The fourth-order valence-electron chi connectivity index (χ4n) is 4.03. The van der Waals surface area contributed by atoms with Gasteiger partial charge in [-0.3, -0.25) is 14.5 Å². The Bertz CT molecular complexity index is 1210. The summed E-state index contributed by atoms with van der Waals surface area (Å²) in [6, 6.07) is 20.1. The van der Waals surface area contributed by atoms with Crippen molar-refractivity contribution in [2.24, 2.45) is 0 Å². The molecular weight excluding hydrogens is 422 g/mol. The number of Topliss-reactive ketones (excluding diaryl/α,β-unsaturated/α-hetero) is 1. The molecule has 0 aromatic heterocycles. The van der Waals surface area contributed by atoms with Crippen molar-refractivity contribution in [1.29, 1.82) is 0 Å². The van der Waals surface area contributed by atoms with Crippen molar-refractivity contribution in [1.82, 2.24) is 0 Å². The molecule has 0 saturated carbocycles. The van der Waals surface area contributed by atoms with Gasteiger partial charge in [-0.15, -0.1) is 0 Å². The van der Waals surface area contributed by atoms with Gasteiger partial charge in [-0.2, -0.15) is 0 Å². The maximum Gasteiger partial charge on any atom is 0.300 e. The summed E-state index contributed by atoms with van der Waals surface area (Å²) in [5.41, 5.74) is 1.27. The van der Waals surface area contributed by atoms with Crippen LogP contribution in [0.25, 0.3) is 5.76 Å². The van der Waals surface area contributed by atoms with E-state index in [1.807, 2.05) is 18.2 Å². The lowest BCUT2D eigenvalue weighted by molar-refractivity contribution is -0.132. The van der Waals surface area contributed by atoms with E-state index in [0.29, 0.717) is 28.5 Å². The molecule has 1 aliphatic heterocycles. The molecule has 4 rings (SSSR count). The number of carbonyl (C=O) groups is 2. The molecule has 1 unspecified atom stereocenters. The highest BCUT2D eigenvalue weighted by molar-refractivity contribution is 6.51. The molecular formula is C26H23NO6. The highest BCUT2D eigenvalue weighted by Crippen LogP contribution is 2.45. The zero-order valence-electron chi connectivity index (χ0n) is 18.4. The second kappa shape index (κ2) is 9.08. The average molecular weight is 445 g/mol. The molecule has 1 fully saturated rings. The van der Waals surface area contributed by atoms with Crippen molar-refractivity contribution >= 4 is 23.1 Å². The van der Waals surface area contributed by atoms with Crippen molar-refractivity contribution in [3.8, 4) is 17.2 Å². The quantitative estimate of drug-likeness (QED) is 0.345. The zero-order valence-corrected chi connectivity index (χ0v) is 18.4. The Hall–Kier alpha value is -4.26. The number of carbonyl (C=O) groups excluding carboxylic acids is 2. The molecule has 7 heteroatoms. The second-order valence-corrected chi connectivity index (χ2v) is 7.32. The van der Waals surface area contributed by atoms with Crippen LogP contribution in [-0.4, -0.2) is 38.1 Å². The molecule has 33 heavy (non-hydrogen) atoms. The Labute approximate surface area is 191 Å². The molecule has 1 heterocycles. The van der Waals surface area contributed by atoms with Gasteiger partial charge in [-0.1, -0.05) is 42.5 Å². The number of ketones is 1. The standard InChI is InChI=1S/C26H23NO6/c1-31-18-12-7-11-17(15-18)27-23(16-9-5-4-6-10-16)22(25(29)26(27)30)24(28)21-19(32-2)13-8-14-20(21)33-3/h4-15,23,28H,1-3H3/b24-22+. The Morgan fingerprint density at radius 2 is 1.45 bits per heavy atom. The van der Waals surface area contributed by atoms with E-state index in [9.17, 15) is 14.7 Å². The lowest BCUT2D eigenvalue weighted by Crippen LogP contribution is -2.29. The lowest BCUT2D eigenvalue weighted by atomic mass is 9.94. The number of aliphatic hydroxyl groups excluding tert-OH is 1. The van der Waals surface area contributed by atoms with Crippen LogP contribution in [-0.2, 0) is 9.59 Å². The summed E-state index contributed by atoms with van der Waals surface area (Å²) < 4.78 is 16.1. The van der Waals surface area contributed by atoms with Crippen LogP contribution >= 0.6 is 0 Å². The number of methoxy groups -OCH3 is 3. The van der Waals surface area contributed by atoms with Crippen LogP contribution in [0.4, 0.5) is 5.69 Å². The Morgan fingerprint density at radius 1 is 0.818 bits per heavy atom. The predicted octanol–water partition coefficient (Wildman–Crippen LogP) is 4.34. The van der Waals surface area contributed by atoms with E-state index < -0.39 is 17.7 Å². The highest BCUT2D eigenvalue weighted by Gasteiger charge is 2.47. The van der Waals surface area contributed by atoms with Crippen molar-refractivity contribution in [3.05, 3.63) is 89.5 Å². The summed E-state index contributed by atoms with van der Waals surface area (Å²) in [7, 11) is 4.43. The topological polar surface area (TPSA) is 85.3 Å². The minimum atomic E-state index is -0.868. The molecule has 0 radical (unpaired) electrons. The van der Waals surface area contributed by atoms with Gasteiger partial charge in [0.05, 0.1) is 32.9 Å². The molecule has 1 amide bonds. The summed E-state index contributed by atoms with van der Waals surface area (Å²) in [5.74, 6) is -0.781. The molecule has 3 aromatic rings. The molecule has 1 saturated heterocycles. The molecule has 1 N–H and O–H groups in total. The maximum absolute atomic E-state index is 13.3. The number of benzene rings is 3. The number of nitrogens with zero attached hydrogens (tertiary/aromatic N) is 1. The number of hydrogen-bond donors (Lipinski definition) is 1. The minimum Gasteiger partial charge on any atom is -0.506 e. The van der Waals surface area contributed by atoms with Gasteiger partial charge in [-0.05, 0) is 29.8 Å². The zero-order chi connectivity index (χ0) is 23.5. The van der Waals surface area contributed by atoms with E-state index >= 15 is 0 Å². The van der Waals surface area contributed by atoms with Gasteiger partial charge in [0.1, 0.15) is 28.6 Å². The minimum absolute atomic E-state index is 0.0585. The van der Waals surface area contributed by atoms with Crippen molar-refractivity contribution in [2.45, 2.75) is 6.04 Å². The molecule has 7 nitrogen and oxygen atoms in total. The first-order chi connectivity index (χ1) is 16.0. The van der Waals surface area contributed by atoms with Crippen LogP contribution in [0.5, 0.6) is 17.2 Å².